The van der Waals surface area contributed by atoms with Gasteiger partial charge in [0.25, 0.3) is 5.91 Å². The second-order valence-corrected chi connectivity index (χ2v) is 5.21. The first-order valence-corrected chi connectivity index (χ1v) is 7.11. The first kappa shape index (κ1) is 15.3. The summed E-state index contributed by atoms with van der Waals surface area (Å²) in [4.78, 5) is 30.0. The minimum absolute atomic E-state index is 0.227. The molecule has 1 fully saturated rings. The standard InChI is InChI=1S/C15H20N2O4/c1-3-7-15(14(19)20)8-5-10-17(15)13(18)11-6-4-9-16-12(11)21-2/h4,6,9H,3,5,7-8,10H2,1-2H3,(H,19,20). The Labute approximate surface area is 123 Å². The molecule has 0 spiro atoms. The molecule has 1 unspecified atom stereocenters. The molecule has 0 radical (unpaired) electrons. The molecule has 1 amide bonds. The van der Waals surface area contributed by atoms with Gasteiger partial charge in [0.1, 0.15) is 11.1 Å². The molecule has 2 rings (SSSR count). The number of carbonyl (C=O) groups excluding carboxylic acids is 1. The van der Waals surface area contributed by atoms with E-state index in [2.05, 4.69) is 4.98 Å². The van der Waals surface area contributed by atoms with E-state index in [-0.39, 0.29) is 11.8 Å². The Morgan fingerprint density at radius 2 is 2.29 bits per heavy atom. The number of aromatic nitrogens is 1. The lowest BCUT2D eigenvalue weighted by Crippen LogP contribution is -2.53. The van der Waals surface area contributed by atoms with Crippen molar-refractivity contribution in [2.24, 2.45) is 0 Å². The topological polar surface area (TPSA) is 79.7 Å². The van der Waals surface area contributed by atoms with Crippen LogP contribution < -0.4 is 4.74 Å². The molecule has 1 saturated heterocycles. The van der Waals surface area contributed by atoms with E-state index in [0.717, 1.165) is 0 Å². The predicted molar refractivity (Wildman–Crippen MR) is 76.3 cm³/mol. The van der Waals surface area contributed by atoms with E-state index in [1.165, 1.54) is 18.2 Å². The fraction of sp³-hybridized carbons (Fsp3) is 0.533. The summed E-state index contributed by atoms with van der Waals surface area (Å²) in [6, 6.07) is 3.26. The second kappa shape index (κ2) is 6.11. The number of nitrogens with zero attached hydrogens (tertiary/aromatic N) is 2. The number of pyridine rings is 1. The van der Waals surface area contributed by atoms with Crippen LogP contribution in [0.4, 0.5) is 0 Å². The molecule has 6 heteroatoms. The lowest BCUT2D eigenvalue weighted by Gasteiger charge is -2.34. The van der Waals surface area contributed by atoms with Gasteiger partial charge in [0.15, 0.2) is 0 Å². The largest absolute Gasteiger partial charge is 0.480 e. The summed E-state index contributed by atoms with van der Waals surface area (Å²) in [6.45, 7) is 2.37. The van der Waals surface area contributed by atoms with Crippen LogP contribution in [0, 0.1) is 0 Å². The molecule has 114 valence electrons. The molecule has 0 bridgehead atoms. The molecule has 0 aromatic carbocycles. The molecule has 0 saturated carbocycles. The summed E-state index contributed by atoms with van der Waals surface area (Å²) in [5, 5.41) is 9.65. The quantitative estimate of drug-likeness (QED) is 0.897. The van der Waals surface area contributed by atoms with Crippen molar-refractivity contribution in [3.63, 3.8) is 0 Å². The number of carboxylic acids is 1. The van der Waals surface area contributed by atoms with E-state index >= 15 is 0 Å². The highest BCUT2D eigenvalue weighted by Gasteiger charge is 2.49. The zero-order valence-electron chi connectivity index (χ0n) is 12.3. The van der Waals surface area contributed by atoms with Crippen LogP contribution in [0.1, 0.15) is 43.0 Å². The Balaban J connectivity index is 2.39. The molecule has 1 atom stereocenters. The van der Waals surface area contributed by atoms with Crippen molar-refractivity contribution in [2.45, 2.75) is 38.1 Å². The number of hydrogen-bond donors (Lipinski definition) is 1. The summed E-state index contributed by atoms with van der Waals surface area (Å²) in [5.41, 5.74) is -0.796. The van der Waals surface area contributed by atoms with Gasteiger partial charge in [-0.15, -0.1) is 0 Å². The number of ether oxygens (including phenoxy) is 1. The van der Waals surface area contributed by atoms with Gasteiger partial charge >= 0.3 is 5.97 Å². The van der Waals surface area contributed by atoms with Crippen molar-refractivity contribution < 1.29 is 19.4 Å². The first-order valence-electron chi connectivity index (χ1n) is 7.11. The Hall–Kier alpha value is -2.11. The third kappa shape index (κ3) is 2.57. The monoisotopic (exact) mass is 292 g/mol. The van der Waals surface area contributed by atoms with Gasteiger partial charge in [-0.05, 0) is 31.4 Å². The summed E-state index contributed by atoms with van der Waals surface area (Å²) in [7, 11) is 1.44. The highest BCUT2D eigenvalue weighted by molar-refractivity contribution is 6.00. The van der Waals surface area contributed by atoms with Gasteiger partial charge in [0, 0.05) is 12.7 Å². The molecule has 1 N–H and O–H groups in total. The van der Waals surface area contributed by atoms with Crippen molar-refractivity contribution in [3.8, 4) is 5.88 Å². The smallest absolute Gasteiger partial charge is 0.329 e. The van der Waals surface area contributed by atoms with Crippen molar-refractivity contribution in [1.29, 1.82) is 0 Å². The lowest BCUT2D eigenvalue weighted by molar-refractivity contribution is -0.148. The Morgan fingerprint density at radius 1 is 1.52 bits per heavy atom. The van der Waals surface area contributed by atoms with Crippen LogP contribution in [0.5, 0.6) is 5.88 Å². The highest BCUT2D eigenvalue weighted by atomic mass is 16.5. The van der Waals surface area contributed by atoms with Gasteiger partial charge in [-0.25, -0.2) is 9.78 Å². The van der Waals surface area contributed by atoms with Gasteiger partial charge in [-0.1, -0.05) is 13.3 Å². The number of carboxylic acid groups (broad SMARTS) is 1. The van der Waals surface area contributed by atoms with Gasteiger partial charge < -0.3 is 14.7 Å². The average molecular weight is 292 g/mol. The number of aliphatic carboxylic acids is 1. The van der Waals surface area contributed by atoms with E-state index in [4.69, 9.17) is 4.74 Å². The number of amides is 1. The molecular weight excluding hydrogens is 272 g/mol. The summed E-state index contributed by atoms with van der Waals surface area (Å²) in [5.74, 6) is -1.03. The van der Waals surface area contributed by atoms with Crippen LogP contribution in [-0.4, -0.2) is 46.1 Å². The van der Waals surface area contributed by atoms with Crippen LogP contribution in [-0.2, 0) is 4.79 Å². The van der Waals surface area contributed by atoms with Crippen LogP contribution in [0.3, 0.4) is 0 Å². The maximum atomic E-state index is 12.8. The molecule has 6 nitrogen and oxygen atoms in total. The zero-order valence-corrected chi connectivity index (χ0v) is 12.3. The molecule has 1 aliphatic rings. The highest BCUT2D eigenvalue weighted by Crippen LogP contribution is 2.36. The fourth-order valence-corrected chi connectivity index (χ4v) is 3.04. The summed E-state index contributed by atoms with van der Waals surface area (Å²) >= 11 is 0. The number of hydrogen-bond acceptors (Lipinski definition) is 4. The summed E-state index contributed by atoms with van der Waals surface area (Å²) < 4.78 is 5.11. The maximum Gasteiger partial charge on any atom is 0.329 e. The predicted octanol–water partition coefficient (Wildman–Crippen LogP) is 1.95. The van der Waals surface area contributed by atoms with E-state index < -0.39 is 11.5 Å². The van der Waals surface area contributed by atoms with E-state index in [1.54, 1.807) is 12.1 Å². The molecule has 2 heterocycles. The van der Waals surface area contributed by atoms with Crippen molar-refractivity contribution in [2.75, 3.05) is 13.7 Å². The van der Waals surface area contributed by atoms with Crippen molar-refractivity contribution in [3.05, 3.63) is 23.9 Å². The van der Waals surface area contributed by atoms with Crippen LogP contribution in [0.25, 0.3) is 0 Å². The number of carbonyl (C=O) groups is 2. The minimum atomic E-state index is -1.10. The number of methoxy groups -OCH3 is 1. The first-order chi connectivity index (χ1) is 10.1. The summed E-state index contributed by atoms with van der Waals surface area (Å²) in [6.07, 6.45) is 3.89. The Bertz CT molecular complexity index is 546. The molecule has 21 heavy (non-hydrogen) atoms. The third-order valence-corrected chi connectivity index (χ3v) is 3.99. The van der Waals surface area contributed by atoms with E-state index in [9.17, 15) is 14.7 Å². The third-order valence-electron chi connectivity index (χ3n) is 3.99. The molecular formula is C15H20N2O4. The molecule has 1 aliphatic heterocycles. The van der Waals surface area contributed by atoms with E-state index in [1.807, 2.05) is 6.92 Å². The van der Waals surface area contributed by atoms with Crippen molar-refractivity contribution in [1.82, 2.24) is 9.88 Å². The van der Waals surface area contributed by atoms with Gasteiger partial charge in [0.2, 0.25) is 5.88 Å². The maximum absolute atomic E-state index is 12.8. The molecule has 1 aromatic rings. The molecule has 0 aliphatic carbocycles. The Morgan fingerprint density at radius 3 is 2.90 bits per heavy atom. The zero-order chi connectivity index (χ0) is 15.5. The van der Waals surface area contributed by atoms with Gasteiger partial charge in [0.05, 0.1) is 7.11 Å². The normalized spacial score (nSPS) is 21.3. The fourth-order valence-electron chi connectivity index (χ4n) is 3.04. The van der Waals surface area contributed by atoms with Gasteiger partial charge in [-0.3, -0.25) is 4.79 Å². The van der Waals surface area contributed by atoms with Crippen LogP contribution in [0.2, 0.25) is 0 Å². The Kier molecular flexibility index (Phi) is 4.45. The van der Waals surface area contributed by atoms with Crippen LogP contribution in [0.15, 0.2) is 18.3 Å². The SMILES string of the molecule is CCCC1(C(=O)O)CCCN1C(=O)c1cccnc1OC. The second-order valence-electron chi connectivity index (χ2n) is 5.21. The molecule has 1 aromatic heterocycles. The average Bonchev–Trinajstić information content (AvgIpc) is 2.92. The van der Waals surface area contributed by atoms with E-state index in [0.29, 0.717) is 37.8 Å². The van der Waals surface area contributed by atoms with Crippen LogP contribution >= 0.6 is 0 Å². The number of rotatable bonds is 5. The van der Waals surface area contributed by atoms with Crippen molar-refractivity contribution >= 4 is 11.9 Å². The number of likely N-dealkylation sites (tertiary alicyclic amines) is 1. The lowest BCUT2D eigenvalue weighted by atomic mass is 9.90. The van der Waals surface area contributed by atoms with Gasteiger partial charge in [-0.2, -0.15) is 0 Å². The minimum Gasteiger partial charge on any atom is -0.480 e.